The third-order valence-electron chi connectivity index (χ3n) is 3.41. The third-order valence-corrected chi connectivity index (χ3v) is 3.41. The van der Waals surface area contributed by atoms with E-state index in [0.717, 1.165) is 32.4 Å². The average Bonchev–Trinajstić information content (AvgIpc) is 2.35. The molecule has 0 spiro atoms. The number of aliphatic hydroxyl groups excluding tert-OH is 1. The van der Waals surface area contributed by atoms with Crippen LogP contribution in [0.4, 0.5) is 0 Å². The first-order valence-corrected chi connectivity index (χ1v) is 6.89. The van der Waals surface area contributed by atoms with E-state index >= 15 is 0 Å². The lowest BCUT2D eigenvalue weighted by Crippen LogP contribution is -2.47. The Kier molecular flexibility index (Phi) is 7.21. The van der Waals surface area contributed by atoms with Gasteiger partial charge < -0.3 is 10.4 Å². The predicted molar refractivity (Wildman–Crippen MR) is 68.8 cm³/mol. The lowest BCUT2D eigenvalue weighted by Gasteiger charge is -2.33. The summed E-state index contributed by atoms with van der Waals surface area (Å²) in [7, 11) is 0. The summed E-state index contributed by atoms with van der Waals surface area (Å²) in [5.41, 5.74) is 0. The van der Waals surface area contributed by atoms with Gasteiger partial charge in [0.1, 0.15) is 0 Å². The molecule has 1 rings (SSSR count). The topological polar surface area (TPSA) is 52.6 Å². The number of carbonyl (C=O) groups is 1. The van der Waals surface area contributed by atoms with Crippen molar-refractivity contribution in [1.82, 2.24) is 10.2 Å². The van der Waals surface area contributed by atoms with Gasteiger partial charge in [-0.3, -0.25) is 9.69 Å². The zero-order valence-electron chi connectivity index (χ0n) is 11.0. The molecule has 4 nitrogen and oxygen atoms in total. The van der Waals surface area contributed by atoms with Gasteiger partial charge in [0.15, 0.2) is 0 Å². The summed E-state index contributed by atoms with van der Waals surface area (Å²) in [6.07, 6.45) is 6.72. The van der Waals surface area contributed by atoms with Gasteiger partial charge in [-0.15, -0.1) is 0 Å². The Hall–Kier alpha value is -0.610. The number of nitrogens with one attached hydrogen (secondary N) is 1. The second kappa shape index (κ2) is 8.48. The standard InChI is InChI=1S/C13H26N2O2/c1-2-3-5-8-14-13(17)10-15-9-6-4-7-12(15)11-16/h12,16H,2-11H2,1H3,(H,14,17). The molecule has 17 heavy (non-hydrogen) atoms. The van der Waals surface area contributed by atoms with Gasteiger partial charge in [-0.1, -0.05) is 26.2 Å². The molecule has 1 unspecified atom stereocenters. The second-order valence-electron chi connectivity index (χ2n) is 4.86. The molecule has 0 aromatic rings. The minimum atomic E-state index is 0.0986. The van der Waals surface area contributed by atoms with Crippen LogP contribution in [0, 0.1) is 0 Å². The van der Waals surface area contributed by atoms with Crippen LogP contribution >= 0.6 is 0 Å². The van der Waals surface area contributed by atoms with Gasteiger partial charge in [0.2, 0.25) is 5.91 Å². The van der Waals surface area contributed by atoms with E-state index in [-0.39, 0.29) is 18.6 Å². The summed E-state index contributed by atoms with van der Waals surface area (Å²) < 4.78 is 0. The van der Waals surface area contributed by atoms with Gasteiger partial charge in [0.05, 0.1) is 13.2 Å². The number of hydrogen-bond acceptors (Lipinski definition) is 3. The number of carbonyl (C=O) groups excluding carboxylic acids is 1. The highest BCUT2D eigenvalue weighted by Gasteiger charge is 2.23. The van der Waals surface area contributed by atoms with Gasteiger partial charge in [-0.05, 0) is 25.8 Å². The Morgan fingerprint density at radius 1 is 1.41 bits per heavy atom. The third kappa shape index (κ3) is 5.50. The Balaban J connectivity index is 2.19. The summed E-state index contributed by atoms with van der Waals surface area (Å²) in [5, 5.41) is 12.2. The number of piperidine rings is 1. The number of likely N-dealkylation sites (tertiary alicyclic amines) is 1. The molecule has 1 amide bonds. The summed E-state index contributed by atoms with van der Waals surface area (Å²) >= 11 is 0. The molecule has 1 fully saturated rings. The lowest BCUT2D eigenvalue weighted by atomic mass is 10.0. The van der Waals surface area contributed by atoms with Crippen LogP contribution in [0.15, 0.2) is 0 Å². The first-order valence-electron chi connectivity index (χ1n) is 6.89. The first-order chi connectivity index (χ1) is 8.27. The molecule has 0 aromatic carbocycles. The van der Waals surface area contributed by atoms with Gasteiger partial charge in [0.25, 0.3) is 0 Å². The van der Waals surface area contributed by atoms with E-state index in [2.05, 4.69) is 17.1 Å². The smallest absolute Gasteiger partial charge is 0.234 e. The minimum Gasteiger partial charge on any atom is -0.395 e. The average molecular weight is 242 g/mol. The molecule has 1 atom stereocenters. The molecule has 100 valence electrons. The van der Waals surface area contributed by atoms with Crippen LogP contribution in [0.25, 0.3) is 0 Å². The van der Waals surface area contributed by atoms with Gasteiger partial charge >= 0.3 is 0 Å². The molecule has 2 N–H and O–H groups in total. The van der Waals surface area contributed by atoms with Crippen molar-refractivity contribution in [2.45, 2.75) is 51.5 Å². The molecule has 0 aromatic heterocycles. The fourth-order valence-electron chi connectivity index (χ4n) is 2.32. The van der Waals surface area contributed by atoms with Crippen LogP contribution in [-0.4, -0.2) is 48.2 Å². The molecule has 4 heteroatoms. The molecule has 1 saturated heterocycles. The highest BCUT2D eigenvalue weighted by molar-refractivity contribution is 5.78. The Morgan fingerprint density at radius 3 is 2.94 bits per heavy atom. The maximum Gasteiger partial charge on any atom is 0.234 e. The van der Waals surface area contributed by atoms with Crippen LogP contribution in [0.3, 0.4) is 0 Å². The van der Waals surface area contributed by atoms with Crippen molar-refractivity contribution in [1.29, 1.82) is 0 Å². The summed E-state index contributed by atoms with van der Waals surface area (Å²) in [6, 6.07) is 0.185. The Bertz CT molecular complexity index is 221. The number of unbranched alkanes of at least 4 members (excludes halogenated alkanes) is 2. The maximum absolute atomic E-state index is 11.7. The number of rotatable bonds is 7. The van der Waals surface area contributed by atoms with E-state index in [1.165, 1.54) is 19.3 Å². The zero-order chi connectivity index (χ0) is 12.5. The van der Waals surface area contributed by atoms with Crippen LogP contribution in [0.1, 0.15) is 45.4 Å². The number of nitrogens with zero attached hydrogens (tertiary/aromatic N) is 1. The van der Waals surface area contributed by atoms with Crippen LogP contribution in [0.2, 0.25) is 0 Å². The van der Waals surface area contributed by atoms with Crippen molar-refractivity contribution in [3.63, 3.8) is 0 Å². The molecule has 0 aliphatic carbocycles. The van der Waals surface area contributed by atoms with E-state index in [0.29, 0.717) is 6.54 Å². The quantitative estimate of drug-likeness (QED) is 0.658. The largest absolute Gasteiger partial charge is 0.395 e. The number of hydrogen-bond donors (Lipinski definition) is 2. The Morgan fingerprint density at radius 2 is 2.24 bits per heavy atom. The normalized spacial score (nSPS) is 21.4. The predicted octanol–water partition coefficient (Wildman–Crippen LogP) is 1.14. The summed E-state index contributed by atoms with van der Waals surface area (Å²) in [5.74, 6) is 0.0986. The molecule has 0 radical (unpaired) electrons. The van der Waals surface area contributed by atoms with Crippen molar-refractivity contribution >= 4 is 5.91 Å². The van der Waals surface area contributed by atoms with Gasteiger partial charge in [-0.2, -0.15) is 0 Å². The van der Waals surface area contributed by atoms with Crippen LogP contribution in [0.5, 0.6) is 0 Å². The van der Waals surface area contributed by atoms with Crippen molar-refractivity contribution in [3.05, 3.63) is 0 Å². The molecule has 1 aliphatic rings. The van der Waals surface area contributed by atoms with Crippen molar-refractivity contribution < 1.29 is 9.90 Å². The molecular formula is C13H26N2O2. The Labute approximate surface area is 104 Å². The lowest BCUT2D eigenvalue weighted by molar-refractivity contribution is -0.123. The van der Waals surface area contributed by atoms with E-state index in [4.69, 9.17) is 0 Å². The van der Waals surface area contributed by atoms with E-state index < -0.39 is 0 Å². The monoisotopic (exact) mass is 242 g/mol. The van der Waals surface area contributed by atoms with Gasteiger partial charge in [0, 0.05) is 12.6 Å². The van der Waals surface area contributed by atoms with E-state index in [1.807, 2.05) is 0 Å². The summed E-state index contributed by atoms with van der Waals surface area (Å²) in [4.78, 5) is 13.8. The highest BCUT2D eigenvalue weighted by Crippen LogP contribution is 2.15. The molecule has 1 aliphatic heterocycles. The zero-order valence-corrected chi connectivity index (χ0v) is 11.0. The fraction of sp³-hybridized carbons (Fsp3) is 0.923. The van der Waals surface area contributed by atoms with E-state index in [1.54, 1.807) is 0 Å². The minimum absolute atomic E-state index is 0.0986. The maximum atomic E-state index is 11.7. The van der Waals surface area contributed by atoms with Crippen molar-refractivity contribution in [3.8, 4) is 0 Å². The van der Waals surface area contributed by atoms with Crippen LogP contribution < -0.4 is 5.32 Å². The molecule has 0 saturated carbocycles. The van der Waals surface area contributed by atoms with Crippen molar-refractivity contribution in [2.75, 3.05) is 26.2 Å². The van der Waals surface area contributed by atoms with E-state index in [9.17, 15) is 9.90 Å². The number of aliphatic hydroxyl groups is 1. The number of amides is 1. The fourth-order valence-corrected chi connectivity index (χ4v) is 2.32. The van der Waals surface area contributed by atoms with Crippen LogP contribution in [-0.2, 0) is 4.79 Å². The second-order valence-corrected chi connectivity index (χ2v) is 4.86. The highest BCUT2D eigenvalue weighted by atomic mass is 16.3. The van der Waals surface area contributed by atoms with Crippen molar-refractivity contribution in [2.24, 2.45) is 0 Å². The molecule has 1 heterocycles. The summed E-state index contributed by atoms with van der Waals surface area (Å²) in [6.45, 7) is 4.49. The molecular weight excluding hydrogens is 216 g/mol. The van der Waals surface area contributed by atoms with Gasteiger partial charge in [-0.25, -0.2) is 0 Å². The molecule has 0 bridgehead atoms. The first kappa shape index (κ1) is 14.5. The SMILES string of the molecule is CCCCCNC(=O)CN1CCCCC1CO.